The maximum atomic E-state index is 13.3. The normalized spacial score (nSPS) is 17.3. The highest BCUT2D eigenvalue weighted by atomic mass is 19.1. The molecule has 24 heavy (non-hydrogen) atoms. The lowest BCUT2D eigenvalue weighted by Crippen LogP contribution is -2.38. The molecule has 1 atom stereocenters. The predicted molar refractivity (Wildman–Crippen MR) is 91.9 cm³/mol. The maximum absolute atomic E-state index is 13.3. The summed E-state index contributed by atoms with van der Waals surface area (Å²) < 4.78 is 13.3. The first-order valence-electron chi connectivity index (χ1n) is 8.76. The number of carbonyl (C=O) groups excluding carboxylic acids is 2. The molecule has 0 saturated carbocycles. The number of rotatable bonds is 7. The Morgan fingerprint density at radius 1 is 1.38 bits per heavy atom. The van der Waals surface area contributed by atoms with Gasteiger partial charge in [-0.3, -0.25) is 9.59 Å². The number of hydrogen-bond acceptors (Lipinski definition) is 2. The molecule has 4 nitrogen and oxygen atoms in total. The number of halogens is 1. The van der Waals surface area contributed by atoms with Gasteiger partial charge in [0.2, 0.25) is 11.8 Å². The van der Waals surface area contributed by atoms with Crippen LogP contribution in [0.15, 0.2) is 24.3 Å². The summed E-state index contributed by atoms with van der Waals surface area (Å²) in [6.45, 7) is 5.12. The minimum absolute atomic E-state index is 0.00414. The summed E-state index contributed by atoms with van der Waals surface area (Å²) in [6, 6.07) is 6.70. The molecule has 1 aliphatic rings. The lowest BCUT2D eigenvalue weighted by molar-refractivity contribution is -0.132. The summed E-state index contributed by atoms with van der Waals surface area (Å²) in [6.07, 6.45) is 3.42. The molecular weight excluding hydrogens is 307 g/mol. The van der Waals surface area contributed by atoms with Gasteiger partial charge in [-0.2, -0.15) is 0 Å². The highest BCUT2D eigenvalue weighted by Gasteiger charge is 2.28. The first kappa shape index (κ1) is 18.4. The molecule has 1 aromatic carbocycles. The number of nitrogens with zero attached hydrogens (tertiary/aromatic N) is 1. The van der Waals surface area contributed by atoms with Crippen molar-refractivity contribution < 1.29 is 14.0 Å². The number of amides is 2. The molecule has 1 unspecified atom stereocenters. The average Bonchev–Trinajstić information content (AvgIpc) is 2.94. The number of nitrogens with one attached hydrogen (secondary N) is 1. The third-order valence-corrected chi connectivity index (χ3v) is 4.31. The van der Waals surface area contributed by atoms with Crippen LogP contribution in [0.1, 0.15) is 45.1 Å². The van der Waals surface area contributed by atoms with Gasteiger partial charge in [0, 0.05) is 32.0 Å². The van der Waals surface area contributed by atoms with Gasteiger partial charge < -0.3 is 10.2 Å². The van der Waals surface area contributed by atoms with Crippen molar-refractivity contribution in [1.82, 2.24) is 10.2 Å². The van der Waals surface area contributed by atoms with E-state index in [0.29, 0.717) is 31.7 Å². The molecule has 1 fully saturated rings. The quantitative estimate of drug-likeness (QED) is 0.833. The summed E-state index contributed by atoms with van der Waals surface area (Å²) in [5.41, 5.74) is 0.921. The van der Waals surface area contributed by atoms with Crippen LogP contribution in [0.3, 0.4) is 0 Å². The van der Waals surface area contributed by atoms with E-state index >= 15 is 0 Å². The van der Waals surface area contributed by atoms with Crippen molar-refractivity contribution in [2.24, 2.45) is 5.92 Å². The van der Waals surface area contributed by atoms with E-state index in [1.807, 2.05) is 24.8 Å². The highest BCUT2D eigenvalue weighted by molar-refractivity contribution is 5.79. The van der Waals surface area contributed by atoms with Crippen molar-refractivity contribution >= 4 is 11.8 Å². The lowest BCUT2D eigenvalue weighted by Gasteiger charge is -2.25. The Balaban J connectivity index is 1.81. The van der Waals surface area contributed by atoms with Gasteiger partial charge in [-0.1, -0.05) is 26.0 Å². The maximum Gasteiger partial charge on any atom is 0.224 e. The second-order valence-corrected chi connectivity index (χ2v) is 6.92. The summed E-state index contributed by atoms with van der Waals surface area (Å²) in [5.74, 6) is 0.139. The minimum atomic E-state index is -0.240. The fraction of sp³-hybridized carbons (Fsp3) is 0.579. The van der Waals surface area contributed by atoms with Crippen molar-refractivity contribution in [2.45, 2.75) is 52.0 Å². The van der Waals surface area contributed by atoms with Crippen LogP contribution in [0.4, 0.5) is 4.39 Å². The predicted octanol–water partition coefficient (Wildman–Crippen LogP) is 2.91. The fourth-order valence-electron chi connectivity index (χ4n) is 3.21. The van der Waals surface area contributed by atoms with Crippen LogP contribution in [-0.4, -0.2) is 35.8 Å². The molecule has 0 aromatic heterocycles. The molecule has 1 N–H and O–H groups in total. The van der Waals surface area contributed by atoms with Crippen molar-refractivity contribution in [1.29, 1.82) is 0 Å². The molecule has 1 heterocycles. The molecule has 0 bridgehead atoms. The standard InChI is InChI=1S/C19H27FN2O2/c1-14(2)11-18(23)21-9-8-19(24)22-10-4-7-17(22)13-15-5-3-6-16(20)12-15/h3,5-6,12,14,17H,4,7-11,13H2,1-2H3,(H,21,23). The van der Waals surface area contributed by atoms with Crippen LogP contribution < -0.4 is 5.32 Å². The first-order chi connectivity index (χ1) is 11.5. The second kappa shape index (κ2) is 8.81. The lowest BCUT2D eigenvalue weighted by atomic mass is 10.0. The van der Waals surface area contributed by atoms with E-state index in [2.05, 4.69) is 5.32 Å². The van der Waals surface area contributed by atoms with Gasteiger partial charge in [0.25, 0.3) is 0 Å². The van der Waals surface area contributed by atoms with Crippen molar-refractivity contribution in [2.75, 3.05) is 13.1 Å². The minimum Gasteiger partial charge on any atom is -0.356 e. The Hall–Kier alpha value is -1.91. The van der Waals surface area contributed by atoms with Crippen molar-refractivity contribution in [3.05, 3.63) is 35.6 Å². The Bertz CT molecular complexity index is 574. The number of benzene rings is 1. The third kappa shape index (κ3) is 5.62. The second-order valence-electron chi connectivity index (χ2n) is 6.92. The van der Waals surface area contributed by atoms with Crippen LogP contribution in [0.2, 0.25) is 0 Å². The molecule has 0 radical (unpaired) electrons. The van der Waals surface area contributed by atoms with Gasteiger partial charge >= 0.3 is 0 Å². The third-order valence-electron chi connectivity index (χ3n) is 4.31. The van der Waals surface area contributed by atoms with Crippen LogP contribution in [-0.2, 0) is 16.0 Å². The number of hydrogen-bond donors (Lipinski definition) is 1. The van der Waals surface area contributed by atoms with Crippen LogP contribution in [0.5, 0.6) is 0 Å². The number of carbonyl (C=O) groups is 2. The average molecular weight is 334 g/mol. The van der Waals surface area contributed by atoms with E-state index in [4.69, 9.17) is 0 Å². The fourth-order valence-corrected chi connectivity index (χ4v) is 3.21. The topological polar surface area (TPSA) is 49.4 Å². The van der Waals surface area contributed by atoms with Crippen LogP contribution >= 0.6 is 0 Å². The Morgan fingerprint density at radius 2 is 2.17 bits per heavy atom. The van der Waals surface area contributed by atoms with Crippen LogP contribution in [0, 0.1) is 11.7 Å². The molecule has 0 spiro atoms. The van der Waals surface area contributed by atoms with E-state index in [9.17, 15) is 14.0 Å². The molecule has 0 aliphatic carbocycles. The van der Waals surface area contributed by atoms with E-state index in [1.165, 1.54) is 12.1 Å². The Labute approximate surface area is 143 Å². The van der Waals surface area contributed by atoms with Gasteiger partial charge in [-0.15, -0.1) is 0 Å². The smallest absolute Gasteiger partial charge is 0.224 e. The van der Waals surface area contributed by atoms with E-state index in [0.717, 1.165) is 24.9 Å². The van der Waals surface area contributed by atoms with Crippen molar-refractivity contribution in [3.63, 3.8) is 0 Å². The molecule has 1 saturated heterocycles. The zero-order valence-electron chi connectivity index (χ0n) is 14.6. The van der Waals surface area contributed by atoms with E-state index in [-0.39, 0.29) is 23.7 Å². The van der Waals surface area contributed by atoms with Gasteiger partial charge in [-0.25, -0.2) is 4.39 Å². The molecule has 2 rings (SSSR count). The Kier molecular flexibility index (Phi) is 6.76. The van der Waals surface area contributed by atoms with E-state index in [1.54, 1.807) is 6.07 Å². The molecule has 132 valence electrons. The van der Waals surface area contributed by atoms with Gasteiger partial charge in [0.15, 0.2) is 0 Å². The molecule has 1 aromatic rings. The molecule has 5 heteroatoms. The SMILES string of the molecule is CC(C)CC(=O)NCCC(=O)N1CCCC1Cc1cccc(F)c1. The largest absolute Gasteiger partial charge is 0.356 e. The molecule has 2 amide bonds. The van der Waals surface area contributed by atoms with Gasteiger partial charge in [-0.05, 0) is 42.9 Å². The van der Waals surface area contributed by atoms with Crippen LogP contribution in [0.25, 0.3) is 0 Å². The van der Waals surface area contributed by atoms with Gasteiger partial charge in [0.05, 0.1) is 0 Å². The number of likely N-dealkylation sites (tertiary alicyclic amines) is 1. The molecule has 1 aliphatic heterocycles. The summed E-state index contributed by atoms with van der Waals surface area (Å²) in [5, 5.41) is 2.80. The zero-order valence-corrected chi connectivity index (χ0v) is 14.6. The van der Waals surface area contributed by atoms with Crippen molar-refractivity contribution in [3.8, 4) is 0 Å². The first-order valence-corrected chi connectivity index (χ1v) is 8.76. The van der Waals surface area contributed by atoms with E-state index < -0.39 is 0 Å². The highest BCUT2D eigenvalue weighted by Crippen LogP contribution is 2.22. The molecular formula is C19H27FN2O2. The Morgan fingerprint density at radius 3 is 2.88 bits per heavy atom. The zero-order chi connectivity index (χ0) is 17.5. The van der Waals surface area contributed by atoms with Gasteiger partial charge in [0.1, 0.15) is 5.82 Å². The summed E-state index contributed by atoms with van der Waals surface area (Å²) in [7, 11) is 0. The summed E-state index contributed by atoms with van der Waals surface area (Å²) >= 11 is 0. The summed E-state index contributed by atoms with van der Waals surface area (Å²) in [4.78, 5) is 25.9. The monoisotopic (exact) mass is 334 g/mol.